The van der Waals surface area contributed by atoms with Crippen molar-refractivity contribution in [3.05, 3.63) is 70.8 Å². The first kappa shape index (κ1) is 24.1. The summed E-state index contributed by atoms with van der Waals surface area (Å²) in [6.07, 6.45) is 1.10. The molecule has 0 aromatic heterocycles. The molecule has 0 aliphatic carbocycles. The van der Waals surface area contributed by atoms with E-state index in [1.54, 1.807) is 0 Å². The van der Waals surface area contributed by atoms with Crippen LogP contribution in [-0.4, -0.2) is 6.01 Å². The van der Waals surface area contributed by atoms with Crippen molar-refractivity contribution in [3.63, 3.8) is 0 Å². The quantitative estimate of drug-likeness (QED) is 0.435. The molecule has 0 aliphatic heterocycles. The van der Waals surface area contributed by atoms with E-state index in [1.807, 2.05) is 0 Å². The molecule has 0 N–H and O–H groups in total. The molecule has 2 nitrogen and oxygen atoms in total. The molecule has 162 valence electrons. The highest BCUT2D eigenvalue weighted by molar-refractivity contribution is 5.47. The maximum atomic E-state index is 4.74. The van der Waals surface area contributed by atoms with E-state index in [0.29, 0.717) is 0 Å². The monoisotopic (exact) mass is 404 g/mol. The first-order valence-corrected chi connectivity index (χ1v) is 11.1. The second kappa shape index (κ2) is 8.52. The molecule has 0 aliphatic rings. The molecule has 2 aromatic carbocycles. The van der Waals surface area contributed by atoms with Crippen molar-refractivity contribution in [2.45, 2.75) is 97.6 Å². The lowest BCUT2D eigenvalue weighted by Crippen LogP contribution is -2.19. The Bertz CT molecular complexity index is 933. The van der Waals surface area contributed by atoms with Gasteiger partial charge < -0.3 is 0 Å². The highest BCUT2D eigenvalue weighted by atomic mass is 14.9. The van der Waals surface area contributed by atoms with Crippen LogP contribution in [0.2, 0.25) is 0 Å². The molecule has 0 fully saturated rings. The topological polar surface area (TPSA) is 24.7 Å². The predicted molar refractivity (Wildman–Crippen MR) is 131 cm³/mol. The highest BCUT2D eigenvalue weighted by Crippen LogP contribution is 2.32. The lowest BCUT2D eigenvalue weighted by molar-refractivity contribution is 0.500. The first-order chi connectivity index (χ1) is 13.7. The maximum Gasteiger partial charge on any atom is 0.0910 e. The van der Waals surface area contributed by atoms with Gasteiger partial charge in [-0.1, -0.05) is 90.1 Å². The van der Waals surface area contributed by atoms with Crippen LogP contribution in [0.5, 0.6) is 0 Å². The van der Waals surface area contributed by atoms with Crippen LogP contribution in [0.25, 0.3) is 0 Å². The molecule has 2 heteroatoms. The van der Waals surface area contributed by atoms with Gasteiger partial charge in [0.15, 0.2) is 0 Å². The fraction of sp³-hybridized carbons (Fsp3) is 0.536. The Morgan fingerprint density at radius 2 is 1.03 bits per heavy atom. The minimum atomic E-state index is -0.382. The fourth-order valence-corrected chi connectivity index (χ4v) is 3.30. The molecular weight excluding hydrogens is 364 g/mol. The molecule has 0 atom stereocenters. The van der Waals surface area contributed by atoms with Crippen molar-refractivity contribution in [3.8, 4) is 0 Å². The van der Waals surface area contributed by atoms with Crippen LogP contribution in [0.3, 0.4) is 0 Å². The van der Waals surface area contributed by atoms with Gasteiger partial charge >= 0.3 is 0 Å². The van der Waals surface area contributed by atoms with Gasteiger partial charge in [0.25, 0.3) is 0 Å². The molecule has 0 radical (unpaired) electrons. The van der Waals surface area contributed by atoms with E-state index in [9.17, 15) is 0 Å². The normalized spacial score (nSPS) is 13.0. The van der Waals surface area contributed by atoms with Gasteiger partial charge in [0, 0.05) is 0 Å². The van der Waals surface area contributed by atoms with Crippen molar-refractivity contribution in [2.24, 2.45) is 9.98 Å². The second-order valence-corrected chi connectivity index (χ2v) is 11.1. The maximum absolute atomic E-state index is 4.74. The summed E-state index contributed by atoms with van der Waals surface area (Å²) in [5, 5.41) is 0. The highest BCUT2D eigenvalue weighted by Gasteiger charge is 2.25. The fourth-order valence-electron chi connectivity index (χ4n) is 3.30. The van der Waals surface area contributed by atoms with E-state index in [-0.39, 0.29) is 21.9 Å². The van der Waals surface area contributed by atoms with Gasteiger partial charge in [0.2, 0.25) is 0 Å². The first-order valence-electron chi connectivity index (χ1n) is 11.1. The summed E-state index contributed by atoms with van der Waals surface area (Å²) in [6, 6.07) is 20.5. The van der Waals surface area contributed by atoms with E-state index < -0.39 is 0 Å². The van der Waals surface area contributed by atoms with Gasteiger partial charge in [-0.15, -0.1) is 0 Å². The lowest BCUT2D eigenvalue weighted by atomic mass is 9.80. The summed E-state index contributed by atoms with van der Waals surface area (Å²) >= 11 is 0. The molecule has 0 unspecified atom stereocenters. The van der Waals surface area contributed by atoms with Crippen molar-refractivity contribution in [1.82, 2.24) is 0 Å². The average molecular weight is 405 g/mol. The van der Waals surface area contributed by atoms with Crippen LogP contribution >= 0.6 is 0 Å². The Morgan fingerprint density at radius 1 is 0.633 bits per heavy atom. The van der Waals surface area contributed by atoms with Gasteiger partial charge in [0.05, 0.1) is 17.1 Å². The van der Waals surface area contributed by atoms with Gasteiger partial charge in [-0.25, -0.2) is 9.98 Å². The number of nitrogens with zero attached hydrogens (tertiary/aromatic N) is 2. The van der Waals surface area contributed by atoms with Gasteiger partial charge in [0.1, 0.15) is 0 Å². The third kappa shape index (κ3) is 5.70. The molecule has 0 spiro atoms. The predicted octanol–water partition coefficient (Wildman–Crippen LogP) is 8.02. The third-order valence-corrected chi connectivity index (χ3v) is 6.33. The molecular formula is C28H40N2. The number of rotatable bonds is 6. The summed E-state index contributed by atoms with van der Waals surface area (Å²) in [6.45, 7) is 22.0. The zero-order valence-corrected chi connectivity index (χ0v) is 20.7. The van der Waals surface area contributed by atoms with Gasteiger partial charge in [-0.2, -0.15) is 0 Å². The minimum absolute atomic E-state index is 0.114. The molecule has 2 aromatic rings. The van der Waals surface area contributed by atoms with Gasteiger partial charge in [-0.3, -0.25) is 0 Å². The van der Waals surface area contributed by atoms with Crippen molar-refractivity contribution in [2.75, 3.05) is 0 Å². The molecule has 0 amide bonds. The molecule has 0 heterocycles. The zero-order valence-electron chi connectivity index (χ0n) is 20.7. The Hall–Kier alpha value is -2.18. The van der Waals surface area contributed by atoms with E-state index in [0.717, 1.165) is 6.42 Å². The van der Waals surface area contributed by atoms with Crippen LogP contribution in [0, 0.1) is 0 Å². The Kier molecular flexibility index (Phi) is 6.84. The number of benzene rings is 2. The SMILES string of the molecule is CCC(C)(C)c1cccc(C(C)(C)N=C=NC(C)(C)c2cccc(C(C)(C)C)c2)c1. The zero-order chi connectivity index (χ0) is 22.8. The summed E-state index contributed by atoms with van der Waals surface area (Å²) in [5.74, 6) is 0. The smallest absolute Gasteiger partial charge is 0.0910 e. The Balaban J connectivity index is 2.34. The van der Waals surface area contributed by atoms with Crippen LogP contribution in [0.1, 0.15) is 97.9 Å². The van der Waals surface area contributed by atoms with E-state index in [2.05, 4.69) is 124 Å². The summed E-state index contributed by atoms with van der Waals surface area (Å²) < 4.78 is 0. The van der Waals surface area contributed by atoms with Crippen molar-refractivity contribution < 1.29 is 0 Å². The molecule has 0 saturated carbocycles. The minimum Gasteiger partial charge on any atom is -0.215 e. The Labute approximate surface area is 184 Å². The molecule has 0 bridgehead atoms. The van der Waals surface area contributed by atoms with Gasteiger partial charge in [-0.05, 0) is 67.2 Å². The third-order valence-electron chi connectivity index (χ3n) is 6.33. The average Bonchev–Trinajstić information content (AvgIpc) is 2.67. The second-order valence-electron chi connectivity index (χ2n) is 11.1. The lowest BCUT2D eigenvalue weighted by Gasteiger charge is -2.26. The van der Waals surface area contributed by atoms with Crippen LogP contribution in [0.15, 0.2) is 58.5 Å². The summed E-state index contributed by atoms with van der Waals surface area (Å²) in [5.41, 5.74) is 4.55. The van der Waals surface area contributed by atoms with Crippen LogP contribution in [0.4, 0.5) is 0 Å². The van der Waals surface area contributed by atoms with Crippen molar-refractivity contribution in [1.29, 1.82) is 0 Å². The standard InChI is InChI=1S/C28H40N2/c1-11-26(5,6)22-15-13-17-24(19-22)28(9,10)30-20-29-27(7,8)23-16-12-14-21(18-23)25(2,3)4/h12-19H,11H2,1-10H3. The Morgan fingerprint density at radius 3 is 1.47 bits per heavy atom. The summed E-state index contributed by atoms with van der Waals surface area (Å²) in [4.78, 5) is 9.47. The molecule has 2 rings (SSSR count). The van der Waals surface area contributed by atoms with E-state index >= 15 is 0 Å². The van der Waals surface area contributed by atoms with Crippen LogP contribution in [-0.2, 0) is 21.9 Å². The molecule has 0 saturated heterocycles. The largest absolute Gasteiger partial charge is 0.215 e. The number of aliphatic imine (C=N–C) groups is 2. The number of hydrogen-bond acceptors (Lipinski definition) is 2. The van der Waals surface area contributed by atoms with E-state index in [4.69, 9.17) is 9.98 Å². The van der Waals surface area contributed by atoms with Crippen molar-refractivity contribution >= 4 is 6.01 Å². The van der Waals surface area contributed by atoms with E-state index in [1.165, 1.54) is 22.3 Å². The summed E-state index contributed by atoms with van der Waals surface area (Å²) in [7, 11) is 0. The van der Waals surface area contributed by atoms with Crippen LogP contribution < -0.4 is 0 Å². The number of hydrogen-bond donors (Lipinski definition) is 0. The molecule has 30 heavy (non-hydrogen) atoms.